The van der Waals surface area contributed by atoms with Gasteiger partial charge in [-0.1, -0.05) is 17.8 Å². The van der Waals surface area contributed by atoms with Gasteiger partial charge in [-0.3, -0.25) is 9.36 Å². The molecule has 180 valence electrons. The molecule has 34 heavy (non-hydrogen) atoms. The lowest BCUT2D eigenvalue weighted by molar-refractivity contribution is -0.113. The van der Waals surface area contributed by atoms with E-state index in [1.807, 2.05) is 12.1 Å². The van der Waals surface area contributed by atoms with E-state index in [0.717, 1.165) is 31.4 Å². The molecule has 0 aliphatic heterocycles. The van der Waals surface area contributed by atoms with Crippen LogP contribution in [0.25, 0.3) is 5.69 Å². The summed E-state index contributed by atoms with van der Waals surface area (Å²) in [6.07, 6.45) is 4.12. The first-order valence-electron chi connectivity index (χ1n) is 10.9. The fraction of sp³-hybridized carbons (Fsp3) is 0.348. The zero-order valence-electron chi connectivity index (χ0n) is 19.0. The van der Waals surface area contributed by atoms with E-state index >= 15 is 0 Å². The van der Waals surface area contributed by atoms with Crippen LogP contribution in [0.4, 0.5) is 10.1 Å². The quantitative estimate of drug-likeness (QED) is 0.475. The second-order valence-electron chi connectivity index (χ2n) is 8.29. The third-order valence-corrected chi connectivity index (χ3v) is 7.78. The summed E-state index contributed by atoms with van der Waals surface area (Å²) in [6.45, 7) is 3.01. The van der Waals surface area contributed by atoms with Crippen molar-refractivity contribution in [1.82, 2.24) is 14.8 Å². The van der Waals surface area contributed by atoms with Crippen molar-refractivity contribution >= 4 is 33.4 Å². The SMILES string of the molecule is Cc1cc(S(N)(=O)=O)ccc1NC(=O)CSc1nnc(CF)n1-c1ccc(C)c2c1CCCC2. The van der Waals surface area contributed by atoms with Gasteiger partial charge in [0.25, 0.3) is 0 Å². The van der Waals surface area contributed by atoms with Crippen LogP contribution in [0.15, 0.2) is 40.4 Å². The molecule has 11 heteroatoms. The molecule has 1 amide bonds. The van der Waals surface area contributed by atoms with Gasteiger partial charge in [0.05, 0.1) is 16.3 Å². The number of hydrogen-bond donors (Lipinski definition) is 2. The number of nitrogens with one attached hydrogen (secondary N) is 1. The number of aryl methyl sites for hydroxylation is 2. The van der Waals surface area contributed by atoms with E-state index in [-0.39, 0.29) is 22.4 Å². The molecule has 8 nitrogen and oxygen atoms in total. The fourth-order valence-corrected chi connectivity index (χ4v) is 5.59. The van der Waals surface area contributed by atoms with Crippen LogP contribution >= 0.6 is 11.8 Å². The molecular formula is C23H26FN5O3S2. The van der Waals surface area contributed by atoms with Gasteiger partial charge < -0.3 is 5.32 Å². The van der Waals surface area contributed by atoms with Crippen molar-refractivity contribution in [2.45, 2.75) is 56.3 Å². The third-order valence-electron chi connectivity index (χ3n) is 5.94. The van der Waals surface area contributed by atoms with Crippen molar-refractivity contribution in [1.29, 1.82) is 0 Å². The van der Waals surface area contributed by atoms with Crippen molar-refractivity contribution in [2.24, 2.45) is 5.14 Å². The minimum Gasteiger partial charge on any atom is -0.325 e. The van der Waals surface area contributed by atoms with Gasteiger partial charge in [-0.25, -0.2) is 17.9 Å². The molecular weight excluding hydrogens is 477 g/mol. The number of sulfonamides is 1. The molecule has 1 heterocycles. The number of carbonyl (C=O) groups is 1. The molecule has 1 aromatic heterocycles. The Kier molecular flexibility index (Phi) is 7.06. The number of primary sulfonamides is 1. The topological polar surface area (TPSA) is 120 Å². The zero-order valence-corrected chi connectivity index (χ0v) is 20.6. The van der Waals surface area contributed by atoms with Gasteiger partial charge in [0.15, 0.2) is 11.0 Å². The van der Waals surface area contributed by atoms with E-state index < -0.39 is 16.7 Å². The number of hydrogen-bond acceptors (Lipinski definition) is 6. The minimum absolute atomic E-state index is 0.0225. The number of halogens is 1. The summed E-state index contributed by atoms with van der Waals surface area (Å²) in [5.41, 5.74) is 5.64. The number of nitrogens with two attached hydrogens (primary N) is 1. The van der Waals surface area contributed by atoms with E-state index in [1.165, 1.54) is 46.7 Å². The molecule has 3 aromatic rings. The number of amides is 1. The number of thioether (sulfide) groups is 1. The predicted octanol–water partition coefficient (Wildman–Crippen LogP) is 3.61. The highest BCUT2D eigenvalue weighted by Gasteiger charge is 2.22. The minimum atomic E-state index is -3.82. The largest absolute Gasteiger partial charge is 0.325 e. The normalized spacial score (nSPS) is 13.5. The van der Waals surface area contributed by atoms with Crippen LogP contribution in [-0.2, 0) is 34.3 Å². The average Bonchev–Trinajstić information content (AvgIpc) is 3.21. The highest BCUT2D eigenvalue weighted by molar-refractivity contribution is 7.99. The van der Waals surface area contributed by atoms with Crippen LogP contribution in [0.2, 0.25) is 0 Å². The Hall–Kier alpha value is -2.76. The summed E-state index contributed by atoms with van der Waals surface area (Å²) in [6, 6.07) is 8.26. The Bertz CT molecular complexity index is 1350. The lowest BCUT2D eigenvalue weighted by atomic mass is 9.87. The molecule has 0 atom stereocenters. The summed E-state index contributed by atoms with van der Waals surface area (Å²) in [5.74, 6) is -0.0813. The van der Waals surface area contributed by atoms with Crippen LogP contribution in [0.5, 0.6) is 0 Å². The molecule has 0 bridgehead atoms. The van der Waals surface area contributed by atoms with Crippen molar-refractivity contribution < 1.29 is 17.6 Å². The Morgan fingerprint density at radius 3 is 2.53 bits per heavy atom. The van der Waals surface area contributed by atoms with Crippen molar-refractivity contribution in [2.75, 3.05) is 11.1 Å². The molecule has 1 aliphatic carbocycles. The monoisotopic (exact) mass is 503 g/mol. The number of anilines is 1. The molecule has 2 aromatic carbocycles. The highest BCUT2D eigenvalue weighted by atomic mass is 32.2. The van der Waals surface area contributed by atoms with Crippen LogP contribution in [0.1, 0.15) is 40.9 Å². The van der Waals surface area contributed by atoms with Crippen LogP contribution in [-0.4, -0.2) is 34.8 Å². The first-order chi connectivity index (χ1) is 16.2. The maximum absolute atomic E-state index is 13.8. The summed E-state index contributed by atoms with van der Waals surface area (Å²) in [7, 11) is -3.82. The number of rotatable bonds is 7. The Labute approximate surface area is 202 Å². The lowest BCUT2D eigenvalue weighted by Crippen LogP contribution is -2.17. The van der Waals surface area contributed by atoms with E-state index in [9.17, 15) is 17.6 Å². The van der Waals surface area contributed by atoms with E-state index in [0.29, 0.717) is 16.4 Å². The number of alkyl halides is 1. The second kappa shape index (κ2) is 9.85. The van der Waals surface area contributed by atoms with Crippen molar-refractivity contribution in [3.8, 4) is 5.69 Å². The van der Waals surface area contributed by atoms with E-state index in [4.69, 9.17) is 5.14 Å². The number of fused-ring (bicyclic) bond motifs is 1. The summed E-state index contributed by atoms with van der Waals surface area (Å²) in [4.78, 5) is 12.6. The van der Waals surface area contributed by atoms with Gasteiger partial charge in [-0.2, -0.15) is 0 Å². The van der Waals surface area contributed by atoms with Gasteiger partial charge in [0.2, 0.25) is 15.9 Å². The second-order valence-corrected chi connectivity index (χ2v) is 10.8. The van der Waals surface area contributed by atoms with Crippen LogP contribution in [0, 0.1) is 13.8 Å². The summed E-state index contributed by atoms with van der Waals surface area (Å²) in [5, 5.41) is 16.5. The van der Waals surface area contributed by atoms with Gasteiger partial charge in [-0.05, 0) is 86.1 Å². The van der Waals surface area contributed by atoms with Crippen molar-refractivity contribution in [3.05, 3.63) is 58.4 Å². The van der Waals surface area contributed by atoms with Gasteiger partial charge in [0, 0.05) is 5.69 Å². The Morgan fingerprint density at radius 1 is 1.12 bits per heavy atom. The Morgan fingerprint density at radius 2 is 1.85 bits per heavy atom. The molecule has 0 spiro atoms. The molecule has 0 saturated carbocycles. The predicted molar refractivity (Wildman–Crippen MR) is 129 cm³/mol. The maximum atomic E-state index is 13.8. The van der Waals surface area contributed by atoms with Gasteiger partial charge >= 0.3 is 0 Å². The molecule has 0 saturated heterocycles. The first-order valence-corrected chi connectivity index (χ1v) is 13.4. The molecule has 4 rings (SSSR count). The average molecular weight is 504 g/mol. The molecule has 1 aliphatic rings. The first kappa shape index (κ1) is 24.4. The zero-order chi connectivity index (χ0) is 24.5. The number of nitrogens with zero attached hydrogens (tertiary/aromatic N) is 3. The van der Waals surface area contributed by atoms with E-state index in [1.54, 1.807) is 11.5 Å². The summed E-state index contributed by atoms with van der Waals surface area (Å²) >= 11 is 1.17. The standard InChI is InChI=1S/C23H26FN5O3S2/c1-14-7-10-20(18-6-4-3-5-17(14)18)29-21(12-24)27-28-23(29)33-13-22(30)26-19-9-8-16(11-15(19)2)34(25,31)32/h7-11H,3-6,12-13H2,1-2H3,(H,26,30)(H2,25,31,32). The number of aromatic nitrogens is 3. The molecule has 0 fully saturated rings. The van der Waals surface area contributed by atoms with Crippen LogP contribution < -0.4 is 10.5 Å². The fourth-order valence-electron chi connectivity index (χ4n) is 4.23. The highest BCUT2D eigenvalue weighted by Crippen LogP contribution is 2.33. The number of benzene rings is 2. The third kappa shape index (κ3) is 5.01. The summed E-state index contributed by atoms with van der Waals surface area (Å²) < 4.78 is 38.5. The molecule has 3 N–H and O–H groups in total. The number of carbonyl (C=O) groups excluding carboxylic acids is 1. The molecule has 0 radical (unpaired) electrons. The Balaban J connectivity index is 1.55. The maximum Gasteiger partial charge on any atom is 0.238 e. The smallest absolute Gasteiger partial charge is 0.238 e. The van der Waals surface area contributed by atoms with Crippen LogP contribution in [0.3, 0.4) is 0 Å². The van der Waals surface area contributed by atoms with Crippen molar-refractivity contribution in [3.63, 3.8) is 0 Å². The van der Waals surface area contributed by atoms with Gasteiger partial charge in [0.1, 0.15) is 6.67 Å². The lowest BCUT2D eigenvalue weighted by Gasteiger charge is -2.23. The molecule has 0 unspecified atom stereocenters. The van der Waals surface area contributed by atoms with Gasteiger partial charge in [-0.15, -0.1) is 10.2 Å². The van der Waals surface area contributed by atoms with E-state index in [2.05, 4.69) is 22.4 Å².